The number of hydrogen-bond donors (Lipinski definition) is 2. The second kappa shape index (κ2) is 8.72. The third kappa shape index (κ3) is 5.31. The molecule has 0 fully saturated rings. The summed E-state index contributed by atoms with van der Waals surface area (Å²) in [6.07, 6.45) is 1.03. The van der Waals surface area contributed by atoms with E-state index < -0.39 is 0 Å². The van der Waals surface area contributed by atoms with Gasteiger partial charge in [0, 0.05) is 25.3 Å². The molecule has 1 unspecified atom stereocenters. The Kier molecular flexibility index (Phi) is 7.26. The second-order valence-corrected chi connectivity index (χ2v) is 5.18. The van der Waals surface area contributed by atoms with Crippen molar-refractivity contribution >= 4 is 5.91 Å². The van der Waals surface area contributed by atoms with Crippen LogP contribution in [0.5, 0.6) is 0 Å². The Balaban J connectivity index is 2.42. The van der Waals surface area contributed by atoms with Gasteiger partial charge in [0.2, 0.25) is 0 Å². The quantitative estimate of drug-likeness (QED) is 0.767. The highest BCUT2D eigenvalue weighted by molar-refractivity contribution is 5.94. The van der Waals surface area contributed by atoms with Gasteiger partial charge in [-0.15, -0.1) is 0 Å². The molecule has 0 aliphatic rings. The van der Waals surface area contributed by atoms with Crippen molar-refractivity contribution in [3.8, 4) is 0 Å². The first kappa shape index (κ1) is 16.7. The van der Waals surface area contributed by atoms with E-state index in [4.69, 9.17) is 10.5 Å². The highest BCUT2D eigenvalue weighted by Gasteiger charge is 2.13. The Morgan fingerprint density at radius 1 is 1.30 bits per heavy atom. The van der Waals surface area contributed by atoms with Crippen LogP contribution in [0.15, 0.2) is 24.3 Å². The standard InChI is InChI=1S/C16H26N2O2/c1-4-20-15(12(2)3)9-10-18-16(19)14-7-5-13(11-17)6-8-14/h5-8,12,15H,4,9-11,17H2,1-3H3,(H,18,19). The zero-order valence-corrected chi connectivity index (χ0v) is 12.7. The van der Waals surface area contributed by atoms with E-state index in [2.05, 4.69) is 19.2 Å². The lowest BCUT2D eigenvalue weighted by molar-refractivity contribution is 0.0251. The highest BCUT2D eigenvalue weighted by atomic mass is 16.5. The van der Waals surface area contributed by atoms with Gasteiger partial charge >= 0.3 is 0 Å². The molecule has 1 atom stereocenters. The summed E-state index contributed by atoms with van der Waals surface area (Å²) in [5.41, 5.74) is 7.22. The van der Waals surface area contributed by atoms with Gasteiger partial charge in [-0.25, -0.2) is 0 Å². The van der Waals surface area contributed by atoms with Crippen LogP contribution < -0.4 is 11.1 Å². The van der Waals surface area contributed by atoms with Crippen molar-refractivity contribution in [3.05, 3.63) is 35.4 Å². The average molecular weight is 278 g/mol. The maximum absolute atomic E-state index is 12.0. The monoisotopic (exact) mass is 278 g/mol. The number of carbonyl (C=O) groups is 1. The minimum absolute atomic E-state index is 0.0485. The van der Waals surface area contributed by atoms with Crippen LogP contribution in [-0.2, 0) is 11.3 Å². The molecule has 0 radical (unpaired) electrons. The van der Waals surface area contributed by atoms with Crippen LogP contribution >= 0.6 is 0 Å². The fraction of sp³-hybridized carbons (Fsp3) is 0.562. The molecular formula is C16H26N2O2. The number of nitrogens with one attached hydrogen (secondary N) is 1. The molecule has 4 heteroatoms. The molecule has 0 saturated heterocycles. The van der Waals surface area contributed by atoms with E-state index in [9.17, 15) is 4.79 Å². The van der Waals surface area contributed by atoms with Gasteiger partial charge in [-0.3, -0.25) is 4.79 Å². The molecule has 20 heavy (non-hydrogen) atoms. The number of carbonyl (C=O) groups excluding carboxylic acids is 1. The topological polar surface area (TPSA) is 64.3 Å². The smallest absolute Gasteiger partial charge is 0.251 e. The van der Waals surface area contributed by atoms with Crippen LogP contribution in [0.25, 0.3) is 0 Å². The minimum Gasteiger partial charge on any atom is -0.378 e. The number of rotatable bonds is 8. The Morgan fingerprint density at radius 2 is 1.95 bits per heavy atom. The van der Waals surface area contributed by atoms with Gasteiger partial charge in [0.05, 0.1) is 6.10 Å². The first-order chi connectivity index (χ1) is 9.58. The lowest BCUT2D eigenvalue weighted by atomic mass is 10.0. The maximum atomic E-state index is 12.0. The Bertz CT molecular complexity index is 401. The molecule has 0 aromatic heterocycles. The van der Waals surface area contributed by atoms with Crippen LogP contribution in [0, 0.1) is 5.92 Å². The molecule has 1 aromatic rings. The summed E-state index contributed by atoms with van der Waals surface area (Å²) in [6.45, 7) is 8.08. The molecule has 1 amide bonds. The van der Waals surface area contributed by atoms with E-state index in [0.29, 0.717) is 31.2 Å². The van der Waals surface area contributed by atoms with Crippen molar-refractivity contribution in [1.29, 1.82) is 0 Å². The summed E-state index contributed by atoms with van der Waals surface area (Å²) in [6, 6.07) is 7.37. The van der Waals surface area contributed by atoms with E-state index in [-0.39, 0.29) is 12.0 Å². The van der Waals surface area contributed by atoms with Gasteiger partial charge in [0.15, 0.2) is 0 Å². The molecule has 0 aliphatic heterocycles. The Labute approximate surface area is 121 Å². The summed E-state index contributed by atoms with van der Waals surface area (Å²) < 4.78 is 5.66. The number of nitrogens with two attached hydrogens (primary N) is 1. The Hall–Kier alpha value is -1.39. The number of benzene rings is 1. The van der Waals surface area contributed by atoms with Crippen molar-refractivity contribution in [3.63, 3.8) is 0 Å². The fourth-order valence-corrected chi connectivity index (χ4v) is 2.05. The van der Waals surface area contributed by atoms with Crippen LogP contribution in [0.4, 0.5) is 0 Å². The van der Waals surface area contributed by atoms with Gasteiger partial charge in [-0.05, 0) is 37.0 Å². The molecule has 0 spiro atoms. The summed E-state index contributed by atoms with van der Waals surface area (Å²) >= 11 is 0. The number of ether oxygens (including phenoxy) is 1. The minimum atomic E-state index is -0.0485. The first-order valence-electron chi connectivity index (χ1n) is 7.27. The summed E-state index contributed by atoms with van der Waals surface area (Å²) in [5.74, 6) is 0.406. The van der Waals surface area contributed by atoms with Crippen LogP contribution in [-0.4, -0.2) is 25.2 Å². The van der Waals surface area contributed by atoms with E-state index >= 15 is 0 Å². The van der Waals surface area contributed by atoms with Crippen LogP contribution in [0.1, 0.15) is 43.1 Å². The SMILES string of the molecule is CCOC(CCNC(=O)c1ccc(CN)cc1)C(C)C. The van der Waals surface area contributed by atoms with Gasteiger partial charge < -0.3 is 15.8 Å². The predicted octanol–water partition coefficient (Wildman–Crippen LogP) is 2.33. The van der Waals surface area contributed by atoms with Crippen molar-refractivity contribution in [2.75, 3.05) is 13.2 Å². The lowest BCUT2D eigenvalue weighted by Gasteiger charge is -2.20. The molecule has 0 saturated carbocycles. The van der Waals surface area contributed by atoms with Gasteiger partial charge in [-0.1, -0.05) is 26.0 Å². The molecule has 1 rings (SSSR count). The van der Waals surface area contributed by atoms with Crippen LogP contribution in [0.3, 0.4) is 0 Å². The van der Waals surface area contributed by atoms with Crippen molar-refractivity contribution in [2.45, 2.75) is 39.8 Å². The van der Waals surface area contributed by atoms with Crippen molar-refractivity contribution < 1.29 is 9.53 Å². The summed E-state index contributed by atoms with van der Waals surface area (Å²) in [5, 5.41) is 2.93. The molecule has 3 N–H and O–H groups in total. The third-order valence-electron chi connectivity index (χ3n) is 3.29. The van der Waals surface area contributed by atoms with E-state index in [1.807, 2.05) is 19.1 Å². The van der Waals surface area contributed by atoms with Gasteiger partial charge in [0.25, 0.3) is 5.91 Å². The largest absolute Gasteiger partial charge is 0.378 e. The first-order valence-corrected chi connectivity index (χ1v) is 7.27. The number of amides is 1. The van der Waals surface area contributed by atoms with Crippen molar-refractivity contribution in [1.82, 2.24) is 5.32 Å². The third-order valence-corrected chi connectivity index (χ3v) is 3.29. The van der Waals surface area contributed by atoms with Gasteiger partial charge in [-0.2, -0.15) is 0 Å². The lowest BCUT2D eigenvalue weighted by Crippen LogP contribution is -2.30. The molecule has 4 nitrogen and oxygen atoms in total. The maximum Gasteiger partial charge on any atom is 0.251 e. The molecule has 112 valence electrons. The normalized spacial score (nSPS) is 12.4. The zero-order chi connectivity index (χ0) is 15.0. The predicted molar refractivity (Wildman–Crippen MR) is 81.5 cm³/mol. The molecule has 1 aromatic carbocycles. The molecular weight excluding hydrogens is 252 g/mol. The molecule has 0 heterocycles. The van der Waals surface area contributed by atoms with Crippen molar-refractivity contribution in [2.24, 2.45) is 11.7 Å². The van der Waals surface area contributed by atoms with Gasteiger partial charge in [0.1, 0.15) is 0 Å². The van der Waals surface area contributed by atoms with E-state index in [0.717, 1.165) is 12.0 Å². The number of hydrogen-bond acceptors (Lipinski definition) is 3. The highest BCUT2D eigenvalue weighted by Crippen LogP contribution is 2.10. The average Bonchev–Trinajstić information content (AvgIpc) is 2.46. The summed E-state index contributed by atoms with van der Waals surface area (Å²) in [7, 11) is 0. The summed E-state index contributed by atoms with van der Waals surface area (Å²) in [4.78, 5) is 12.0. The fourth-order valence-electron chi connectivity index (χ4n) is 2.05. The Morgan fingerprint density at radius 3 is 2.45 bits per heavy atom. The second-order valence-electron chi connectivity index (χ2n) is 5.18. The van der Waals surface area contributed by atoms with E-state index in [1.165, 1.54) is 0 Å². The molecule has 0 aliphatic carbocycles. The zero-order valence-electron chi connectivity index (χ0n) is 12.7. The molecule has 0 bridgehead atoms. The van der Waals surface area contributed by atoms with Crippen LogP contribution in [0.2, 0.25) is 0 Å². The van der Waals surface area contributed by atoms with E-state index in [1.54, 1.807) is 12.1 Å².